The maximum atomic E-state index is 11.9. The van der Waals surface area contributed by atoms with E-state index < -0.39 is 0 Å². The molecular weight excluding hydrogens is 312 g/mol. The first kappa shape index (κ1) is 15.7. The standard InChI is InChI=1S/C16H24N4O4/c21-13-1-2-14(22)17(13)11-19-5-8-20(9-6-19,10-7-19)12-18-15(23)3-4-16(18)24/h1-12H2/q+2. The van der Waals surface area contributed by atoms with Gasteiger partial charge >= 0.3 is 0 Å². The molecule has 5 heterocycles. The van der Waals surface area contributed by atoms with Crippen molar-refractivity contribution in [2.24, 2.45) is 0 Å². The monoisotopic (exact) mass is 336 g/mol. The second kappa shape index (κ2) is 5.35. The van der Waals surface area contributed by atoms with Gasteiger partial charge in [0.1, 0.15) is 39.3 Å². The summed E-state index contributed by atoms with van der Waals surface area (Å²) < 4.78 is 1.58. The van der Waals surface area contributed by atoms with E-state index in [4.69, 9.17) is 0 Å². The second-order valence-electron chi connectivity index (χ2n) is 7.74. The molecular formula is C16H24N4O4+2. The van der Waals surface area contributed by atoms with Crippen LogP contribution in [0.25, 0.3) is 0 Å². The Hall–Kier alpha value is -1.80. The number of nitrogens with zero attached hydrogens (tertiary/aromatic N) is 4. The molecule has 0 radical (unpaired) electrons. The van der Waals surface area contributed by atoms with E-state index in [-0.39, 0.29) is 23.6 Å². The Bertz CT molecular complexity index is 521. The predicted octanol–water partition coefficient (Wildman–Crippen LogP) is -1.14. The summed E-state index contributed by atoms with van der Waals surface area (Å²) in [5.74, 6) is -0.175. The van der Waals surface area contributed by atoms with Crippen molar-refractivity contribution < 1.29 is 28.1 Å². The van der Waals surface area contributed by atoms with E-state index in [0.717, 1.165) is 48.2 Å². The molecule has 0 aromatic rings. The van der Waals surface area contributed by atoms with Crippen molar-refractivity contribution in [3.05, 3.63) is 0 Å². The van der Waals surface area contributed by atoms with Crippen molar-refractivity contribution >= 4 is 23.6 Å². The van der Waals surface area contributed by atoms with E-state index in [1.54, 1.807) is 0 Å². The lowest BCUT2D eigenvalue weighted by molar-refractivity contribution is -1.09. The van der Waals surface area contributed by atoms with Crippen molar-refractivity contribution in [2.45, 2.75) is 25.7 Å². The number of piperazine rings is 3. The highest BCUT2D eigenvalue weighted by molar-refractivity contribution is 6.02. The van der Waals surface area contributed by atoms with Crippen molar-refractivity contribution in [3.63, 3.8) is 0 Å². The van der Waals surface area contributed by atoms with Crippen LogP contribution in [0.2, 0.25) is 0 Å². The molecule has 5 aliphatic heterocycles. The largest absolute Gasteiger partial charge is 0.292 e. The zero-order valence-electron chi connectivity index (χ0n) is 13.9. The Balaban J connectivity index is 1.42. The van der Waals surface area contributed by atoms with E-state index in [1.807, 2.05) is 0 Å². The minimum Gasteiger partial charge on any atom is -0.292 e. The van der Waals surface area contributed by atoms with Gasteiger partial charge in [-0.1, -0.05) is 0 Å². The van der Waals surface area contributed by atoms with Gasteiger partial charge < -0.3 is 0 Å². The molecule has 0 spiro atoms. The summed E-state index contributed by atoms with van der Waals surface area (Å²) in [4.78, 5) is 50.5. The smallest absolute Gasteiger partial charge is 0.234 e. The molecule has 5 rings (SSSR count). The van der Waals surface area contributed by atoms with Crippen molar-refractivity contribution in [1.82, 2.24) is 9.80 Å². The number of quaternary nitrogens is 2. The summed E-state index contributed by atoms with van der Waals surface area (Å²) in [5, 5.41) is 0. The number of carbonyl (C=O) groups is 4. The number of fused-ring (bicyclic) bond motifs is 3. The number of amides is 4. The average molecular weight is 336 g/mol. The molecule has 0 saturated carbocycles. The first-order valence-electron chi connectivity index (χ1n) is 8.79. The second-order valence-corrected chi connectivity index (χ2v) is 7.74. The van der Waals surface area contributed by atoms with Crippen LogP contribution in [0.15, 0.2) is 0 Å². The summed E-state index contributed by atoms with van der Waals surface area (Å²) >= 11 is 0. The van der Waals surface area contributed by atoms with Crippen LogP contribution in [0.1, 0.15) is 25.7 Å². The fourth-order valence-corrected chi connectivity index (χ4v) is 4.53. The van der Waals surface area contributed by atoms with Gasteiger partial charge in [-0.25, -0.2) is 9.80 Å². The van der Waals surface area contributed by atoms with Crippen LogP contribution in [-0.4, -0.2) is 95.0 Å². The molecule has 0 N–H and O–H groups in total. The minimum atomic E-state index is -0.0438. The first-order chi connectivity index (χ1) is 11.4. The summed E-state index contributed by atoms with van der Waals surface area (Å²) in [6.45, 7) is 6.38. The number of carbonyl (C=O) groups excluding carboxylic acids is 4. The van der Waals surface area contributed by atoms with Gasteiger partial charge in [-0.3, -0.25) is 28.1 Å². The van der Waals surface area contributed by atoms with E-state index in [2.05, 4.69) is 0 Å². The third-order valence-electron chi connectivity index (χ3n) is 6.34. The normalized spacial score (nSPS) is 36.3. The predicted molar refractivity (Wildman–Crippen MR) is 81.6 cm³/mol. The maximum absolute atomic E-state index is 11.9. The van der Waals surface area contributed by atoms with E-state index >= 15 is 0 Å². The number of imide groups is 2. The van der Waals surface area contributed by atoms with Gasteiger partial charge in [0.15, 0.2) is 13.3 Å². The topological polar surface area (TPSA) is 74.8 Å². The molecule has 2 bridgehead atoms. The number of likely N-dealkylation sites (tertiary alicyclic amines) is 2. The third kappa shape index (κ3) is 2.44. The fraction of sp³-hybridized carbons (Fsp3) is 0.750. The van der Waals surface area contributed by atoms with Gasteiger partial charge in [-0.2, -0.15) is 0 Å². The molecule has 5 aliphatic rings. The van der Waals surface area contributed by atoms with Crippen LogP contribution >= 0.6 is 0 Å². The molecule has 5 saturated heterocycles. The van der Waals surface area contributed by atoms with E-state index in [1.165, 1.54) is 9.80 Å². The Labute approximate surface area is 140 Å². The average Bonchev–Trinajstić information content (AvgIpc) is 3.07. The van der Waals surface area contributed by atoms with Gasteiger partial charge in [0.05, 0.1) is 0 Å². The Morgan fingerprint density at radius 1 is 0.542 bits per heavy atom. The zero-order valence-corrected chi connectivity index (χ0v) is 13.9. The Morgan fingerprint density at radius 2 is 0.792 bits per heavy atom. The van der Waals surface area contributed by atoms with Crippen LogP contribution in [0, 0.1) is 0 Å². The molecule has 0 aromatic carbocycles. The molecule has 0 atom stereocenters. The quantitative estimate of drug-likeness (QED) is 0.480. The van der Waals surface area contributed by atoms with Gasteiger partial charge in [0.25, 0.3) is 0 Å². The number of hydrogen-bond acceptors (Lipinski definition) is 4. The minimum absolute atomic E-state index is 0.0438. The Morgan fingerprint density at radius 3 is 1.04 bits per heavy atom. The van der Waals surface area contributed by atoms with Gasteiger partial charge in [-0.05, 0) is 0 Å². The van der Waals surface area contributed by atoms with E-state index in [0.29, 0.717) is 39.0 Å². The molecule has 4 amide bonds. The van der Waals surface area contributed by atoms with Crippen LogP contribution in [0.3, 0.4) is 0 Å². The zero-order chi connectivity index (χ0) is 16.9. The molecule has 8 heteroatoms. The molecule has 130 valence electrons. The lowest BCUT2D eigenvalue weighted by Crippen LogP contribution is -2.77. The van der Waals surface area contributed by atoms with Crippen LogP contribution in [0.4, 0.5) is 0 Å². The van der Waals surface area contributed by atoms with Crippen molar-refractivity contribution in [1.29, 1.82) is 0 Å². The van der Waals surface area contributed by atoms with E-state index in [9.17, 15) is 19.2 Å². The summed E-state index contributed by atoms with van der Waals surface area (Å²) in [6, 6.07) is 0. The molecule has 0 aromatic heterocycles. The lowest BCUT2D eigenvalue weighted by Gasteiger charge is -2.56. The highest BCUT2D eigenvalue weighted by Gasteiger charge is 2.52. The first-order valence-corrected chi connectivity index (χ1v) is 8.79. The number of hydrogen-bond donors (Lipinski definition) is 0. The van der Waals surface area contributed by atoms with Crippen LogP contribution in [0.5, 0.6) is 0 Å². The number of rotatable bonds is 4. The molecule has 5 fully saturated rings. The maximum Gasteiger partial charge on any atom is 0.234 e. The molecule has 8 nitrogen and oxygen atoms in total. The van der Waals surface area contributed by atoms with Crippen LogP contribution in [-0.2, 0) is 19.2 Å². The van der Waals surface area contributed by atoms with Gasteiger partial charge in [-0.15, -0.1) is 0 Å². The van der Waals surface area contributed by atoms with Crippen molar-refractivity contribution in [2.75, 3.05) is 52.6 Å². The SMILES string of the molecule is O=C1CCC(=O)N1C[N+]12CC[N+](CN3C(=O)CCC3=O)(CC1)CC2. The highest BCUT2D eigenvalue weighted by Crippen LogP contribution is 2.29. The van der Waals surface area contributed by atoms with Gasteiger partial charge in [0.2, 0.25) is 23.6 Å². The summed E-state index contributed by atoms with van der Waals surface area (Å²) in [7, 11) is 0. The highest BCUT2D eigenvalue weighted by atomic mass is 16.2. The molecule has 0 unspecified atom stereocenters. The summed E-state index contributed by atoms with van der Waals surface area (Å²) in [6.07, 6.45) is 1.38. The van der Waals surface area contributed by atoms with Crippen molar-refractivity contribution in [3.8, 4) is 0 Å². The third-order valence-corrected chi connectivity index (χ3v) is 6.34. The molecule has 0 aliphatic carbocycles. The summed E-state index contributed by atoms with van der Waals surface area (Å²) in [5.41, 5.74) is 0. The molecule has 24 heavy (non-hydrogen) atoms. The van der Waals surface area contributed by atoms with Crippen LogP contribution < -0.4 is 0 Å². The lowest BCUT2D eigenvalue weighted by atomic mass is 10.1. The van der Waals surface area contributed by atoms with Gasteiger partial charge in [0, 0.05) is 25.7 Å². The fourth-order valence-electron chi connectivity index (χ4n) is 4.53. The Kier molecular flexibility index (Phi) is 3.50.